The summed E-state index contributed by atoms with van der Waals surface area (Å²) >= 11 is 0. The molecule has 0 fully saturated rings. The lowest BCUT2D eigenvalue weighted by atomic mass is 10.2. The summed E-state index contributed by atoms with van der Waals surface area (Å²) in [4.78, 5) is 14.2. The second-order valence-electron chi connectivity index (χ2n) is 4.81. The highest BCUT2D eigenvalue weighted by Crippen LogP contribution is 2.05. The molecule has 0 aliphatic carbocycles. The SMILES string of the molecule is CCCCN(CCCC)C(=O)CNc1ccccc1. The molecule has 0 unspecified atom stereocenters. The van der Waals surface area contributed by atoms with Gasteiger partial charge in [0.05, 0.1) is 6.54 Å². The van der Waals surface area contributed by atoms with Crippen LogP contribution in [0.3, 0.4) is 0 Å². The van der Waals surface area contributed by atoms with Crippen molar-refractivity contribution in [3.63, 3.8) is 0 Å². The molecule has 19 heavy (non-hydrogen) atoms. The Hall–Kier alpha value is -1.51. The monoisotopic (exact) mass is 262 g/mol. The van der Waals surface area contributed by atoms with Crippen LogP contribution in [0.25, 0.3) is 0 Å². The first-order valence-corrected chi connectivity index (χ1v) is 7.34. The molecule has 0 saturated heterocycles. The van der Waals surface area contributed by atoms with Crippen LogP contribution in [0, 0.1) is 0 Å². The quantitative estimate of drug-likeness (QED) is 0.738. The zero-order valence-corrected chi connectivity index (χ0v) is 12.2. The third kappa shape index (κ3) is 6.27. The van der Waals surface area contributed by atoms with Crippen molar-refractivity contribution in [3.8, 4) is 0 Å². The summed E-state index contributed by atoms with van der Waals surface area (Å²) < 4.78 is 0. The van der Waals surface area contributed by atoms with Gasteiger partial charge in [0.2, 0.25) is 5.91 Å². The maximum Gasteiger partial charge on any atom is 0.241 e. The molecule has 0 atom stereocenters. The molecule has 1 aromatic rings. The van der Waals surface area contributed by atoms with Crippen molar-refractivity contribution >= 4 is 11.6 Å². The lowest BCUT2D eigenvalue weighted by Gasteiger charge is -2.22. The van der Waals surface area contributed by atoms with E-state index in [2.05, 4.69) is 19.2 Å². The first-order valence-electron chi connectivity index (χ1n) is 7.34. The molecule has 106 valence electrons. The summed E-state index contributed by atoms with van der Waals surface area (Å²) in [6.45, 7) is 6.46. The van der Waals surface area contributed by atoms with Crippen molar-refractivity contribution in [2.45, 2.75) is 39.5 Å². The van der Waals surface area contributed by atoms with Crippen molar-refractivity contribution in [3.05, 3.63) is 30.3 Å². The Morgan fingerprint density at radius 2 is 1.63 bits per heavy atom. The van der Waals surface area contributed by atoms with Crippen LogP contribution < -0.4 is 5.32 Å². The number of rotatable bonds is 9. The van der Waals surface area contributed by atoms with E-state index in [1.54, 1.807) is 0 Å². The largest absolute Gasteiger partial charge is 0.376 e. The topological polar surface area (TPSA) is 32.3 Å². The van der Waals surface area contributed by atoms with Gasteiger partial charge in [0, 0.05) is 18.8 Å². The molecule has 0 aliphatic rings. The van der Waals surface area contributed by atoms with Crippen LogP contribution in [0.1, 0.15) is 39.5 Å². The van der Waals surface area contributed by atoms with E-state index in [0.717, 1.165) is 44.5 Å². The Morgan fingerprint density at radius 3 is 2.16 bits per heavy atom. The van der Waals surface area contributed by atoms with Crippen LogP contribution in [-0.2, 0) is 4.79 Å². The van der Waals surface area contributed by atoms with Gasteiger partial charge in [-0.15, -0.1) is 0 Å². The molecular weight excluding hydrogens is 236 g/mol. The van der Waals surface area contributed by atoms with Gasteiger partial charge in [-0.25, -0.2) is 0 Å². The number of nitrogens with one attached hydrogen (secondary N) is 1. The molecule has 0 spiro atoms. The minimum absolute atomic E-state index is 0.200. The Bertz CT molecular complexity index is 343. The van der Waals surface area contributed by atoms with Gasteiger partial charge in [0.15, 0.2) is 0 Å². The van der Waals surface area contributed by atoms with Gasteiger partial charge in [-0.05, 0) is 25.0 Å². The second-order valence-corrected chi connectivity index (χ2v) is 4.81. The van der Waals surface area contributed by atoms with Crippen molar-refractivity contribution in [2.75, 3.05) is 25.0 Å². The third-order valence-corrected chi connectivity index (χ3v) is 3.13. The molecule has 0 saturated carbocycles. The maximum atomic E-state index is 12.2. The Morgan fingerprint density at radius 1 is 1.05 bits per heavy atom. The zero-order chi connectivity index (χ0) is 13.9. The predicted molar refractivity (Wildman–Crippen MR) is 81.3 cm³/mol. The van der Waals surface area contributed by atoms with Crippen LogP contribution >= 0.6 is 0 Å². The van der Waals surface area contributed by atoms with E-state index in [0.29, 0.717) is 6.54 Å². The number of unbranched alkanes of at least 4 members (excludes halogenated alkanes) is 2. The fourth-order valence-electron chi connectivity index (χ4n) is 1.90. The molecule has 1 amide bonds. The number of carbonyl (C=O) groups excluding carboxylic acids is 1. The molecular formula is C16H26N2O. The normalized spacial score (nSPS) is 10.2. The van der Waals surface area contributed by atoms with Gasteiger partial charge in [0.25, 0.3) is 0 Å². The van der Waals surface area contributed by atoms with E-state index < -0.39 is 0 Å². The molecule has 0 heterocycles. The van der Waals surface area contributed by atoms with Crippen LogP contribution in [0.5, 0.6) is 0 Å². The predicted octanol–water partition coefficient (Wildman–Crippen LogP) is 3.53. The number of carbonyl (C=O) groups is 1. The molecule has 0 radical (unpaired) electrons. The summed E-state index contributed by atoms with van der Waals surface area (Å²) in [5.74, 6) is 0.200. The molecule has 0 bridgehead atoms. The summed E-state index contributed by atoms with van der Waals surface area (Å²) in [6.07, 6.45) is 4.42. The lowest BCUT2D eigenvalue weighted by molar-refractivity contribution is -0.129. The molecule has 1 aromatic carbocycles. The minimum atomic E-state index is 0.200. The van der Waals surface area contributed by atoms with Crippen LogP contribution in [-0.4, -0.2) is 30.4 Å². The van der Waals surface area contributed by atoms with Crippen LogP contribution in [0.4, 0.5) is 5.69 Å². The van der Waals surface area contributed by atoms with Crippen molar-refractivity contribution in [2.24, 2.45) is 0 Å². The van der Waals surface area contributed by atoms with Crippen LogP contribution in [0.15, 0.2) is 30.3 Å². The number of hydrogen-bond donors (Lipinski definition) is 1. The number of nitrogens with zero attached hydrogens (tertiary/aromatic N) is 1. The summed E-state index contributed by atoms with van der Waals surface area (Å²) in [5.41, 5.74) is 1.00. The number of hydrogen-bond acceptors (Lipinski definition) is 2. The highest BCUT2D eigenvalue weighted by molar-refractivity contribution is 5.80. The average molecular weight is 262 g/mol. The molecule has 3 heteroatoms. The van der Waals surface area contributed by atoms with Crippen molar-refractivity contribution in [1.82, 2.24) is 4.90 Å². The Kier molecular flexibility index (Phi) is 7.71. The summed E-state index contributed by atoms with van der Waals surface area (Å²) in [7, 11) is 0. The van der Waals surface area contributed by atoms with Crippen LogP contribution in [0.2, 0.25) is 0 Å². The van der Waals surface area contributed by atoms with Gasteiger partial charge in [-0.1, -0.05) is 44.9 Å². The van der Waals surface area contributed by atoms with Crippen molar-refractivity contribution < 1.29 is 4.79 Å². The lowest BCUT2D eigenvalue weighted by Crippen LogP contribution is -2.37. The minimum Gasteiger partial charge on any atom is -0.376 e. The van der Waals surface area contributed by atoms with E-state index in [1.807, 2.05) is 35.2 Å². The third-order valence-electron chi connectivity index (χ3n) is 3.13. The molecule has 3 nitrogen and oxygen atoms in total. The summed E-state index contributed by atoms with van der Waals surface area (Å²) in [6, 6.07) is 9.88. The highest BCUT2D eigenvalue weighted by Gasteiger charge is 2.11. The number of para-hydroxylation sites is 1. The highest BCUT2D eigenvalue weighted by atomic mass is 16.2. The van der Waals surface area contributed by atoms with Gasteiger partial charge in [0.1, 0.15) is 0 Å². The van der Waals surface area contributed by atoms with Crippen molar-refractivity contribution in [1.29, 1.82) is 0 Å². The number of benzene rings is 1. The first kappa shape index (κ1) is 15.5. The first-order chi connectivity index (χ1) is 9.27. The average Bonchev–Trinajstić information content (AvgIpc) is 2.46. The van der Waals surface area contributed by atoms with Gasteiger partial charge < -0.3 is 10.2 Å². The van der Waals surface area contributed by atoms with E-state index >= 15 is 0 Å². The molecule has 1 rings (SSSR count). The maximum absolute atomic E-state index is 12.2. The fraction of sp³-hybridized carbons (Fsp3) is 0.562. The Balaban J connectivity index is 2.41. The van der Waals surface area contributed by atoms with E-state index in [1.165, 1.54) is 0 Å². The standard InChI is InChI=1S/C16H26N2O/c1-3-5-12-18(13-6-4-2)16(19)14-17-15-10-8-7-9-11-15/h7-11,17H,3-6,12-14H2,1-2H3. The fourth-order valence-corrected chi connectivity index (χ4v) is 1.90. The number of amides is 1. The molecule has 1 N–H and O–H groups in total. The molecule has 0 aliphatic heterocycles. The van der Waals surface area contributed by atoms with E-state index in [-0.39, 0.29) is 5.91 Å². The Labute approximate surface area is 117 Å². The van der Waals surface area contributed by atoms with Gasteiger partial charge >= 0.3 is 0 Å². The van der Waals surface area contributed by atoms with Gasteiger partial charge in [-0.3, -0.25) is 4.79 Å². The molecule has 0 aromatic heterocycles. The van der Waals surface area contributed by atoms with Gasteiger partial charge in [-0.2, -0.15) is 0 Å². The summed E-state index contributed by atoms with van der Waals surface area (Å²) in [5, 5.41) is 3.19. The van der Waals surface area contributed by atoms with E-state index in [4.69, 9.17) is 0 Å². The second kappa shape index (κ2) is 9.42. The zero-order valence-electron chi connectivity index (χ0n) is 12.2. The number of anilines is 1. The van der Waals surface area contributed by atoms with E-state index in [9.17, 15) is 4.79 Å². The smallest absolute Gasteiger partial charge is 0.241 e.